The van der Waals surface area contributed by atoms with Gasteiger partial charge in [0.15, 0.2) is 27.0 Å². The van der Waals surface area contributed by atoms with Gasteiger partial charge >= 0.3 is 5.69 Å². The summed E-state index contributed by atoms with van der Waals surface area (Å²) in [7, 11) is -2.37. The highest BCUT2D eigenvalue weighted by atomic mass is 35.5. The number of pyridine rings is 1. The van der Waals surface area contributed by atoms with Crippen LogP contribution >= 0.6 is 11.6 Å². The molecule has 3 aromatic rings. The van der Waals surface area contributed by atoms with Crippen LogP contribution in [0.1, 0.15) is 17.7 Å². The van der Waals surface area contributed by atoms with Gasteiger partial charge in [-0.1, -0.05) is 11.6 Å². The van der Waals surface area contributed by atoms with Crippen LogP contribution in [-0.4, -0.2) is 41.5 Å². The van der Waals surface area contributed by atoms with Crippen molar-refractivity contribution in [3.8, 4) is 23.1 Å². The largest absolute Gasteiger partial charge is 0.494 e. The van der Waals surface area contributed by atoms with Gasteiger partial charge in [0.1, 0.15) is 4.90 Å². The molecule has 0 atom stereocenters. The van der Waals surface area contributed by atoms with Crippen molar-refractivity contribution < 1.29 is 26.7 Å². The zero-order chi connectivity index (χ0) is 23.8. The standard InChI is InChI=1S/C18H15ClF2N4O6S/c1-8-4-9(25-18(27)23-17(26)14(24-25)16(20)21)5-10(19)15(8)31-13-6-12(32(3,28)29)11(30-2)7-22-13/h4-7,16H,1-3H3,(H,23,26,27). The zero-order valence-electron chi connectivity index (χ0n) is 16.7. The maximum absolute atomic E-state index is 13.0. The number of alkyl halides is 2. The molecule has 0 saturated heterocycles. The highest BCUT2D eigenvalue weighted by molar-refractivity contribution is 7.90. The molecule has 0 bridgehead atoms. The van der Waals surface area contributed by atoms with E-state index in [0.29, 0.717) is 10.2 Å². The molecule has 0 radical (unpaired) electrons. The number of aromatic nitrogens is 4. The van der Waals surface area contributed by atoms with Crippen LogP contribution in [0.4, 0.5) is 8.78 Å². The van der Waals surface area contributed by atoms with Gasteiger partial charge in [0.05, 0.1) is 24.0 Å². The number of nitrogens with zero attached hydrogens (tertiary/aromatic N) is 3. The van der Waals surface area contributed by atoms with Crippen molar-refractivity contribution in [3.05, 3.63) is 61.5 Å². The Kier molecular flexibility index (Phi) is 6.32. The molecular formula is C18H15ClF2N4O6S. The number of benzene rings is 1. The van der Waals surface area contributed by atoms with Gasteiger partial charge in [0.2, 0.25) is 5.88 Å². The normalized spacial score (nSPS) is 11.6. The van der Waals surface area contributed by atoms with Crippen LogP contribution in [0.3, 0.4) is 0 Å². The van der Waals surface area contributed by atoms with Crippen LogP contribution in [0.25, 0.3) is 5.69 Å². The molecule has 170 valence electrons. The van der Waals surface area contributed by atoms with E-state index in [1.165, 1.54) is 32.4 Å². The van der Waals surface area contributed by atoms with Crippen molar-refractivity contribution in [1.82, 2.24) is 19.7 Å². The van der Waals surface area contributed by atoms with E-state index in [2.05, 4.69) is 10.1 Å². The number of methoxy groups -OCH3 is 1. The number of aromatic amines is 1. The number of aryl methyl sites for hydroxylation is 1. The number of rotatable bonds is 6. The number of hydrogen-bond donors (Lipinski definition) is 1. The Morgan fingerprint density at radius 3 is 2.47 bits per heavy atom. The quantitative estimate of drug-likeness (QED) is 0.559. The molecule has 0 aliphatic carbocycles. The fourth-order valence-corrected chi connectivity index (χ4v) is 3.82. The second-order valence-corrected chi connectivity index (χ2v) is 8.87. The number of halogens is 3. The molecule has 2 aromatic heterocycles. The van der Waals surface area contributed by atoms with Crippen LogP contribution in [0.15, 0.2) is 38.9 Å². The van der Waals surface area contributed by atoms with E-state index in [-0.39, 0.29) is 33.0 Å². The smallest absolute Gasteiger partial charge is 0.349 e. The van der Waals surface area contributed by atoms with Crippen molar-refractivity contribution in [2.75, 3.05) is 13.4 Å². The first-order valence-electron chi connectivity index (χ1n) is 8.66. The second kappa shape index (κ2) is 8.67. The molecule has 0 fully saturated rings. The third kappa shape index (κ3) is 4.62. The number of nitrogens with one attached hydrogen (secondary N) is 1. The summed E-state index contributed by atoms with van der Waals surface area (Å²) < 4.78 is 61.1. The van der Waals surface area contributed by atoms with Crippen molar-refractivity contribution in [3.63, 3.8) is 0 Å². The highest BCUT2D eigenvalue weighted by Gasteiger charge is 2.20. The monoisotopic (exact) mass is 488 g/mol. The molecule has 14 heteroatoms. The third-order valence-corrected chi connectivity index (χ3v) is 5.55. The first-order chi connectivity index (χ1) is 14.9. The van der Waals surface area contributed by atoms with Crippen molar-refractivity contribution in [1.29, 1.82) is 0 Å². The van der Waals surface area contributed by atoms with Crippen LogP contribution in [0, 0.1) is 6.92 Å². The number of sulfone groups is 1. The lowest BCUT2D eigenvalue weighted by molar-refractivity contribution is 0.141. The van der Waals surface area contributed by atoms with E-state index in [1.807, 2.05) is 0 Å². The van der Waals surface area contributed by atoms with Crippen LogP contribution in [0.5, 0.6) is 17.4 Å². The fraction of sp³-hybridized carbons (Fsp3) is 0.222. The maximum Gasteiger partial charge on any atom is 0.349 e. The molecule has 2 heterocycles. The molecule has 0 saturated carbocycles. The van der Waals surface area contributed by atoms with Gasteiger partial charge in [-0.3, -0.25) is 9.78 Å². The number of ether oxygens (including phenoxy) is 2. The molecular weight excluding hydrogens is 474 g/mol. The molecule has 10 nitrogen and oxygen atoms in total. The van der Waals surface area contributed by atoms with Gasteiger partial charge in [-0.05, 0) is 24.6 Å². The summed E-state index contributed by atoms with van der Waals surface area (Å²) in [4.78, 5) is 29.1. The minimum atomic E-state index is -3.66. The minimum absolute atomic E-state index is 0.0116. The van der Waals surface area contributed by atoms with Crippen molar-refractivity contribution >= 4 is 21.4 Å². The van der Waals surface area contributed by atoms with E-state index < -0.39 is 33.2 Å². The summed E-state index contributed by atoms with van der Waals surface area (Å²) >= 11 is 6.25. The summed E-state index contributed by atoms with van der Waals surface area (Å²) in [6.07, 6.45) is -1.04. The molecule has 32 heavy (non-hydrogen) atoms. The number of hydrogen-bond acceptors (Lipinski definition) is 8. The van der Waals surface area contributed by atoms with E-state index >= 15 is 0 Å². The second-order valence-electron chi connectivity index (χ2n) is 6.48. The first kappa shape index (κ1) is 23.3. The summed E-state index contributed by atoms with van der Waals surface area (Å²) in [6.45, 7) is 1.54. The SMILES string of the molecule is COc1cnc(Oc2c(C)cc(-n3nc(C(F)F)c(=O)[nH]c3=O)cc2Cl)cc1S(C)(=O)=O. The number of H-pyrrole nitrogens is 1. The molecule has 1 N–H and O–H groups in total. The third-order valence-electron chi connectivity index (χ3n) is 4.15. The van der Waals surface area contributed by atoms with E-state index in [0.717, 1.165) is 12.3 Å². The fourth-order valence-electron chi connectivity index (χ4n) is 2.70. The average molecular weight is 489 g/mol. The summed E-state index contributed by atoms with van der Waals surface area (Å²) in [5, 5.41) is 3.35. The Morgan fingerprint density at radius 2 is 1.91 bits per heavy atom. The zero-order valence-corrected chi connectivity index (χ0v) is 18.3. The van der Waals surface area contributed by atoms with Gasteiger partial charge in [0.25, 0.3) is 12.0 Å². The van der Waals surface area contributed by atoms with Gasteiger partial charge < -0.3 is 9.47 Å². The summed E-state index contributed by atoms with van der Waals surface area (Å²) in [5.41, 5.74) is -3.14. The molecule has 0 spiro atoms. The Hall–Kier alpha value is -3.32. The average Bonchev–Trinajstić information content (AvgIpc) is 2.69. The van der Waals surface area contributed by atoms with Crippen LogP contribution < -0.4 is 20.7 Å². The minimum Gasteiger partial charge on any atom is -0.494 e. The first-order valence-corrected chi connectivity index (χ1v) is 10.9. The molecule has 3 rings (SSSR count). The summed E-state index contributed by atoms with van der Waals surface area (Å²) in [5.74, 6) is -0.0150. The predicted octanol–water partition coefficient (Wildman–Crippen LogP) is 2.42. The topological polar surface area (TPSA) is 133 Å². The summed E-state index contributed by atoms with van der Waals surface area (Å²) in [6, 6.07) is 3.71. The van der Waals surface area contributed by atoms with Gasteiger partial charge in [-0.15, -0.1) is 0 Å². The molecule has 0 unspecified atom stereocenters. The Morgan fingerprint density at radius 1 is 1.22 bits per heavy atom. The van der Waals surface area contributed by atoms with E-state index in [1.54, 1.807) is 4.98 Å². The Labute approximate surface area is 184 Å². The lowest BCUT2D eigenvalue weighted by atomic mass is 10.2. The van der Waals surface area contributed by atoms with Crippen molar-refractivity contribution in [2.24, 2.45) is 0 Å². The molecule has 0 aliphatic rings. The van der Waals surface area contributed by atoms with E-state index in [9.17, 15) is 26.8 Å². The molecule has 0 aliphatic heterocycles. The van der Waals surface area contributed by atoms with Gasteiger partial charge in [-0.25, -0.2) is 27.0 Å². The van der Waals surface area contributed by atoms with Gasteiger partial charge in [0, 0.05) is 12.3 Å². The highest BCUT2D eigenvalue weighted by Crippen LogP contribution is 2.35. The van der Waals surface area contributed by atoms with Gasteiger partial charge in [-0.2, -0.15) is 9.78 Å². The maximum atomic E-state index is 13.0. The Bertz CT molecular complexity index is 1400. The predicted molar refractivity (Wildman–Crippen MR) is 109 cm³/mol. The van der Waals surface area contributed by atoms with Crippen LogP contribution in [-0.2, 0) is 9.84 Å². The van der Waals surface area contributed by atoms with E-state index in [4.69, 9.17) is 21.1 Å². The lowest BCUT2D eigenvalue weighted by Crippen LogP contribution is -2.34. The lowest BCUT2D eigenvalue weighted by Gasteiger charge is -2.14. The Balaban J connectivity index is 2.06. The van der Waals surface area contributed by atoms with Crippen molar-refractivity contribution in [2.45, 2.75) is 18.2 Å². The molecule has 0 amide bonds. The molecule has 1 aromatic carbocycles. The van der Waals surface area contributed by atoms with Crippen LogP contribution in [0.2, 0.25) is 5.02 Å².